The lowest BCUT2D eigenvalue weighted by atomic mass is 10.1. The minimum Gasteiger partial charge on any atom is -0.290 e. The van der Waals surface area contributed by atoms with E-state index in [1.807, 2.05) is 30.3 Å². The molecule has 0 spiro atoms. The highest BCUT2D eigenvalue weighted by Crippen LogP contribution is 2.41. The Hall–Kier alpha value is -1.68. The van der Waals surface area contributed by atoms with Gasteiger partial charge in [-0.1, -0.05) is 30.3 Å². The Morgan fingerprint density at radius 2 is 2.10 bits per heavy atom. The third-order valence-electron chi connectivity index (χ3n) is 3.89. The van der Waals surface area contributed by atoms with E-state index < -0.39 is 5.35 Å². The normalized spacial score (nSPS) is 29.1. The van der Waals surface area contributed by atoms with Gasteiger partial charge in [-0.25, -0.2) is 9.67 Å². The number of fused-ring (bicyclic) bond motifs is 1. The van der Waals surface area contributed by atoms with Crippen LogP contribution in [0.5, 0.6) is 0 Å². The highest BCUT2D eigenvalue weighted by molar-refractivity contribution is 6.20. The molecule has 4 rings (SSSR count). The quantitative estimate of drug-likeness (QED) is 0.644. The van der Waals surface area contributed by atoms with Crippen LogP contribution in [-0.2, 0) is 0 Å². The molecule has 1 aliphatic heterocycles. The van der Waals surface area contributed by atoms with Crippen molar-refractivity contribution in [3.8, 4) is 0 Å². The molecule has 4 nitrogen and oxygen atoms in total. The summed E-state index contributed by atoms with van der Waals surface area (Å²) >= 11 is 6.29. The van der Waals surface area contributed by atoms with Crippen molar-refractivity contribution in [1.82, 2.24) is 14.8 Å². The molecule has 0 amide bonds. The molecule has 0 N–H and O–H groups in total. The lowest BCUT2D eigenvalue weighted by Gasteiger charge is -2.11. The van der Waals surface area contributed by atoms with Crippen molar-refractivity contribution in [2.45, 2.75) is 30.7 Å². The van der Waals surface area contributed by atoms with Crippen LogP contribution in [0.2, 0.25) is 0 Å². The van der Waals surface area contributed by atoms with E-state index in [-0.39, 0.29) is 23.6 Å². The molecule has 2 heterocycles. The fourth-order valence-electron chi connectivity index (χ4n) is 2.64. The summed E-state index contributed by atoms with van der Waals surface area (Å²) in [5.74, 6) is 0.641. The number of hydrogen-bond donors (Lipinski definition) is 0. The molecule has 2 aromatic rings. The Bertz CT molecular complexity index is 709. The molecular formula is C15H14ClN3O. The van der Waals surface area contributed by atoms with Crippen molar-refractivity contribution in [2.24, 2.45) is 5.92 Å². The minimum atomic E-state index is -1.32. The number of benzene rings is 1. The van der Waals surface area contributed by atoms with Gasteiger partial charge in [-0.3, -0.25) is 4.79 Å². The summed E-state index contributed by atoms with van der Waals surface area (Å²) in [4.78, 5) is 16.4. The average molecular weight is 289 g/mol. The van der Waals surface area contributed by atoms with E-state index >= 15 is 0 Å². The molecule has 0 unspecified atom stereocenters. The highest BCUT2D eigenvalue weighted by atomic mass is 35.5. The number of nitrogens with zero attached hydrogens (tertiary/aromatic N) is 3. The zero-order valence-electron chi connectivity index (χ0n) is 11.8. The van der Waals surface area contributed by atoms with E-state index in [2.05, 4.69) is 10.1 Å². The van der Waals surface area contributed by atoms with Gasteiger partial charge in [-0.2, -0.15) is 0 Å². The number of Topliss-reactive ketones (excluding diaryl/α,β-unsaturated/α-hetero) is 1. The van der Waals surface area contributed by atoms with Gasteiger partial charge in [0, 0.05) is 5.92 Å². The summed E-state index contributed by atoms with van der Waals surface area (Å²) in [7, 11) is 0. The third kappa shape index (κ3) is 1.86. The fraction of sp³-hybridized carbons (Fsp3) is 0.400. The van der Waals surface area contributed by atoms with Crippen LogP contribution >= 0.6 is 11.6 Å². The van der Waals surface area contributed by atoms with Gasteiger partial charge in [-0.15, -0.1) is 16.7 Å². The molecule has 0 bridgehead atoms. The van der Waals surface area contributed by atoms with Crippen LogP contribution in [0.25, 0.3) is 0 Å². The number of hydrogen-bond acceptors (Lipinski definition) is 3. The molecule has 1 aromatic carbocycles. The first-order valence-electron chi connectivity index (χ1n) is 7.31. The second kappa shape index (κ2) is 4.42. The summed E-state index contributed by atoms with van der Waals surface area (Å²) in [6, 6.07) is 9.66. The van der Waals surface area contributed by atoms with Gasteiger partial charge in [0.25, 0.3) is 0 Å². The highest BCUT2D eigenvalue weighted by Gasteiger charge is 2.38. The number of carbonyl (C=O) groups is 1. The van der Waals surface area contributed by atoms with Crippen molar-refractivity contribution in [1.29, 1.82) is 0 Å². The maximum atomic E-state index is 12.1. The Balaban J connectivity index is 1.77. The van der Waals surface area contributed by atoms with Crippen LogP contribution in [0.3, 0.4) is 0 Å². The second-order valence-corrected chi connectivity index (χ2v) is 5.83. The summed E-state index contributed by atoms with van der Waals surface area (Å²) in [5, 5.41) is 3.03. The van der Waals surface area contributed by atoms with E-state index in [1.165, 1.54) is 0 Å². The van der Waals surface area contributed by atoms with E-state index in [0.29, 0.717) is 12.2 Å². The fourth-order valence-corrected chi connectivity index (χ4v) is 2.91. The Morgan fingerprint density at radius 3 is 2.80 bits per heavy atom. The summed E-state index contributed by atoms with van der Waals surface area (Å²) in [6.07, 6.45) is 2.24. The Labute approximate surface area is 123 Å². The van der Waals surface area contributed by atoms with Gasteiger partial charge in [-0.05, 0) is 24.8 Å². The molecular weight excluding hydrogens is 274 g/mol. The summed E-state index contributed by atoms with van der Waals surface area (Å²) in [5.41, 5.74) is 1.03. The van der Waals surface area contributed by atoms with Crippen LogP contribution in [-0.4, -0.2) is 20.5 Å². The first-order valence-corrected chi connectivity index (χ1v) is 7.19. The average Bonchev–Trinajstić information content (AvgIpc) is 3.17. The molecule has 1 aromatic heterocycles. The van der Waals surface area contributed by atoms with Crippen molar-refractivity contribution < 1.29 is 6.17 Å². The maximum Gasteiger partial charge on any atom is 0.217 e. The first-order chi connectivity index (χ1) is 10.1. The smallest absolute Gasteiger partial charge is 0.217 e. The van der Waals surface area contributed by atoms with Crippen molar-refractivity contribution in [3.63, 3.8) is 0 Å². The molecule has 0 saturated heterocycles. The van der Waals surface area contributed by atoms with Crippen LogP contribution in [0.15, 0.2) is 30.3 Å². The molecule has 2 atom stereocenters. The Morgan fingerprint density at radius 1 is 1.35 bits per heavy atom. The van der Waals surface area contributed by atoms with Crippen LogP contribution in [0, 0.1) is 5.92 Å². The van der Waals surface area contributed by atoms with E-state index in [0.717, 1.165) is 18.4 Å². The van der Waals surface area contributed by atoms with Gasteiger partial charge >= 0.3 is 0 Å². The van der Waals surface area contributed by atoms with E-state index in [9.17, 15) is 4.79 Å². The third-order valence-corrected chi connectivity index (χ3v) is 4.22. The van der Waals surface area contributed by atoms with Crippen LogP contribution < -0.4 is 0 Å². The molecule has 2 aliphatic rings. The van der Waals surface area contributed by atoms with Gasteiger partial charge in [0.05, 0.1) is 12.8 Å². The SMILES string of the molecule is [2H][C@]1(Cl)C[C@@H](c2ccccc2)n2nc(C(=O)C3CC3)nc21. The lowest BCUT2D eigenvalue weighted by Crippen LogP contribution is -2.10. The predicted molar refractivity (Wildman–Crippen MR) is 74.9 cm³/mol. The van der Waals surface area contributed by atoms with E-state index in [1.54, 1.807) is 4.68 Å². The molecule has 1 aliphatic carbocycles. The molecule has 20 heavy (non-hydrogen) atoms. The van der Waals surface area contributed by atoms with Gasteiger partial charge in [0.1, 0.15) is 5.82 Å². The summed E-state index contributed by atoms with van der Waals surface area (Å²) in [6.45, 7) is 0. The monoisotopic (exact) mass is 288 g/mol. The number of carbonyl (C=O) groups excluding carboxylic acids is 1. The maximum absolute atomic E-state index is 12.1. The number of halogens is 1. The number of aromatic nitrogens is 3. The largest absolute Gasteiger partial charge is 0.290 e. The molecule has 0 radical (unpaired) electrons. The number of alkyl halides is 1. The van der Waals surface area contributed by atoms with Crippen LogP contribution in [0.4, 0.5) is 0 Å². The van der Waals surface area contributed by atoms with Crippen molar-refractivity contribution in [2.75, 3.05) is 0 Å². The predicted octanol–water partition coefficient (Wildman–Crippen LogP) is 3.14. The minimum absolute atomic E-state index is 0.0174. The molecule has 1 saturated carbocycles. The summed E-state index contributed by atoms with van der Waals surface area (Å²) < 4.78 is 9.91. The molecule has 1 fully saturated rings. The number of ketones is 1. The molecule has 102 valence electrons. The molecule has 5 heteroatoms. The van der Waals surface area contributed by atoms with Crippen molar-refractivity contribution in [3.05, 3.63) is 47.5 Å². The Kier molecular flexibility index (Phi) is 2.44. The van der Waals surface area contributed by atoms with Crippen LogP contribution in [0.1, 0.15) is 54.0 Å². The lowest BCUT2D eigenvalue weighted by molar-refractivity contribution is 0.0957. The first kappa shape index (κ1) is 11.0. The second-order valence-electron chi connectivity index (χ2n) is 5.38. The number of rotatable bonds is 3. The van der Waals surface area contributed by atoms with Gasteiger partial charge < -0.3 is 0 Å². The van der Waals surface area contributed by atoms with Gasteiger partial charge in [0.15, 0.2) is 0 Å². The van der Waals surface area contributed by atoms with Gasteiger partial charge in [0.2, 0.25) is 11.6 Å². The zero-order valence-corrected chi connectivity index (χ0v) is 11.5. The topological polar surface area (TPSA) is 47.8 Å². The standard InChI is InChI=1S/C15H14ClN3O/c16-11-8-12(9-4-2-1-3-5-9)19-15(11)17-14(18-19)13(20)10-6-7-10/h1-5,10-12H,6-8H2/t11-,12-/m0/s1/i11D. The van der Waals surface area contributed by atoms with Crippen molar-refractivity contribution >= 4 is 17.4 Å². The zero-order chi connectivity index (χ0) is 14.6. The van der Waals surface area contributed by atoms with E-state index in [4.69, 9.17) is 13.0 Å².